The van der Waals surface area contributed by atoms with Crippen LogP contribution in [0.15, 0.2) is 23.8 Å². The second kappa shape index (κ2) is 11.8. The summed E-state index contributed by atoms with van der Waals surface area (Å²) in [5.41, 5.74) is 0.938. The molecule has 0 radical (unpaired) electrons. The number of halogens is 1. The van der Waals surface area contributed by atoms with Gasteiger partial charge in [-0.3, -0.25) is 0 Å². The Hall–Kier alpha value is -0.760. The molecule has 0 spiro atoms. The Kier molecular flexibility index (Phi) is 11.4. The normalized spacial score (nSPS) is 16.5. The number of hydrogen-bond acceptors (Lipinski definition) is 2. The largest absolute Gasteiger partial charge is 0.463 e. The van der Waals surface area contributed by atoms with Crippen LogP contribution in [0.1, 0.15) is 73.1 Å². The van der Waals surface area contributed by atoms with E-state index in [1.165, 1.54) is 19.3 Å². The molecule has 0 fully saturated rings. The summed E-state index contributed by atoms with van der Waals surface area (Å²) in [5.74, 6) is 0.425. The number of allylic oxidation sites excluding steroid dienone is 3. The molecule has 0 N–H and O–H groups in total. The first kappa shape index (κ1) is 21.2. The van der Waals surface area contributed by atoms with Gasteiger partial charge in [0.1, 0.15) is 0 Å². The Balaban J connectivity index is 4.18. The predicted octanol–water partition coefficient (Wildman–Crippen LogP) is 6.05. The quantitative estimate of drug-likeness (QED) is 0.200. The van der Waals surface area contributed by atoms with E-state index in [1.807, 2.05) is 19.9 Å². The summed E-state index contributed by atoms with van der Waals surface area (Å²) in [6.45, 7) is 10.7. The molecule has 0 saturated carbocycles. The van der Waals surface area contributed by atoms with E-state index in [-0.39, 0.29) is 10.8 Å². The first-order chi connectivity index (χ1) is 10.3. The molecular formula is C19H33ClO2. The molecule has 2 unspecified atom stereocenters. The van der Waals surface area contributed by atoms with Crippen LogP contribution in [0.3, 0.4) is 0 Å². The minimum absolute atomic E-state index is 0.0485. The lowest BCUT2D eigenvalue weighted by atomic mass is 9.92. The van der Waals surface area contributed by atoms with Crippen LogP contribution in [0.25, 0.3) is 0 Å². The standard InChI is InChI=1S/C19H33ClO2/c1-6-17(13-10-14-19(5,20)7-2)12-9-11-16(4)15-18(21)22-8-3/h9,11,15,17H,6-8,10,12-14H2,1-5H3/b11-9+,16-15+. The van der Waals surface area contributed by atoms with Gasteiger partial charge in [-0.1, -0.05) is 45.3 Å². The third-order valence-electron chi connectivity index (χ3n) is 4.11. The molecule has 0 aliphatic heterocycles. The zero-order chi connectivity index (χ0) is 17.0. The van der Waals surface area contributed by atoms with E-state index in [2.05, 4.69) is 26.8 Å². The molecule has 2 atom stereocenters. The van der Waals surface area contributed by atoms with Gasteiger partial charge in [0.15, 0.2) is 0 Å². The lowest BCUT2D eigenvalue weighted by Crippen LogP contribution is -2.14. The van der Waals surface area contributed by atoms with Crippen LogP contribution in [0.2, 0.25) is 0 Å². The van der Waals surface area contributed by atoms with Crippen molar-refractivity contribution >= 4 is 17.6 Å². The lowest BCUT2D eigenvalue weighted by molar-refractivity contribution is -0.137. The highest BCUT2D eigenvalue weighted by Gasteiger charge is 2.17. The lowest BCUT2D eigenvalue weighted by Gasteiger charge is -2.21. The van der Waals surface area contributed by atoms with Crippen LogP contribution in [-0.2, 0) is 9.53 Å². The van der Waals surface area contributed by atoms with E-state index < -0.39 is 0 Å². The maximum absolute atomic E-state index is 11.3. The van der Waals surface area contributed by atoms with Gasteiger partial charge >= 0.3 is 5.97 Å². The molecule has 128 valence electrons. The van der Waals surface area contributed by atoms with Crippen molar-refractivity contribution < 1.29 is 9.53 Å². The number of alkyl halides is 1. The first-order valence-electron chi connectivity index (χ1n) is 8.55. The van der Waals surface area contributed by atoms with E-state index in [1.54, 1.807) is 6.08 Å². The summed E-state index contributed by atoms with van der Waals surface area (Å²) in [4.78, 5) is 11.3. The van der Waals surface area contributed by atoms with E-state index in [4.69, 9.17) is 16.3 Å². The highest BCUT2D eigenvalue weighted by atomic mass is 35.5. The van der Waals surface area contributed by atoms with Gasteiger partial charge < -0.3 is 4.74 Å². The molecule has 0 aromatic heterocycles. The van der Waals surface area contributed by atoms with Crippen LogP contribution in [0.5, 0.6) is 0 Å². The van der Waals surface area contributed by atoms with Crippen LogP contribution in [0.4, 0.5) is 0 Å². The molecule has 2 nitrogen and oxygen atoms in total. The highest BCUT2D eigenvalue weighted by molar-refractivity contribution is 6.23. The number of ether oxygens (including phenoxy) is 1. The number of hydrogen-bond donors (Lipinski definition) is 0. The third kappa shape index (κ3) is 10.9. The van der Waals surface area contributed by atoms with Crippen molar-refractivity contribution in [2.75, 3.05) is 6.61 Å². The zero-order valence-electron chi connectivity index (χ0n) is 15.0. The molecule has 0 aromatic carbocycles. The molecule has 0 amide bonds. The minimum Gasteiger partial charge on any atom is -0.463 e. The van der Waals surface area contributed by atoms with E-state index in [0.29, 0.717) is 12.5 Å². The van der Waals surface area contributed by atoms with E-state index in [9.17, 15) is 4.79 Å². The Bertz CT molecular complexity index is 370. The Morgan fingerprint density at radius 1 is 1.32 bits per heavy atom. The molecule has 22 heavy (non-hydrogen) atoms. The van der Waals surface area contributed by atoms with Crippen LogP contribution >= 0.6 is 11.6 Å². The molecule has 0 bridgehead atoms. The van der Waals surface area contributed by atoms with E-state index >= 15 is 0 Å². The average Bonchev–Trinajstić information content (AvgIpc) is 2.45. The van der Waals surface area contributed by atoms with Crippen molar-refractivity contribution in [1.82, 2.24) is 0 Å². The van der Waals surface area contributed by atoms with Gasteiger partial charge in [0, 0.05) is 11.0 Å². The monoisotopic (exact) mass is 328 g/mol. The summed E-state index contributed by atoms with van der Waals surface area (Å²) in [7, 11) is 0. The summed E-state index contributed by atoms with van der Waals surface area (Å²) in [6, 6.07) is 0. The van der Waals surface area contributed by atoms with Crippen LogP contribution in [-0.4, -0.2) is 17.5 Å². The summed E-state index contributed by atoms with van der Waals surface area (Å²) < 4.78 is 4.89. The Morgan fingerprint density at radius 2 is 2.00 bits per heavy atom. The summed E-state index contributed by atoms with van der Waals surface area (Å²) in [5, 5.41) is 0. The zero-order valence-corrected chi connectivity index (χ0v) is 15.7. The molecule has 0 aromatic rings. The number of esters is 1. The number of carbonyl (C=O) groups excluding carboxylic acids is 1. The van der Waals surface area contributed by atoms with Gasteiger partial charge in [-0.25, -0.2) is 4.79 Å². The number of carbonyl (C=O) groups is 1. The van der Waals surface area contributed by atoms with E-state index in [0.717, 1.165) is 24.8 Å². The Morgan fingerprint density at radius 3 is 2.55 bits per heavy atom. The van der Waals surface area contributed by atoms with Gasteiger partial charge in [-0.15, -0.1) is 11.6 Å². The molecule has 0 saturated heterocycles. The number of rotatable bonds is 11. The van der Waals surface area contributed by atoms with Crippen LogP contribution < -0.4 is 0 Å². The minimum atomic E-state index is -0.266. The van der Waals surface area contributed by atoms with Gasteiger partial charge in [-0.2, -0.15) is 0 Å². The SMILES string of the molecule is CCOC(=O)/C=C(C)/C=C/CC(CC)CCCC(C)(Cl)CC. The molecule has 0 heterocycles. The van der Waals surface area contributed by atoms with Crippen LogP contribution in [0, 0.1) is 5.92 Å². The van der Waals surface area contributed by atoms with Crippen molar-refractivity contribution in [1.29, 1.82) is 0 Å². The molecular weight excluding hydrogens is 296 g/mol. The fourth-order valence-corrected chi connectivity index (χ4v) is 2.42. The van der Waals surface area contributed by atoms with Gasteiger partial charge in [0.05, 0.1) is 6.61 Å². The maximum Gasteiger partial charge on any atom is 0.330 e. The van der Waals surface area contributed by atoms with Gasteiger partial charge in [0.2, 0.25) is 0 Å². The fraction of sp³-hybridized carbons (Fsp3) is 0.737. The molecule has 3 heteroatoms. The van der Waals surface area contributed by atoms with Crippen molar-refractivity contribution in [3.05, 3.63) is 23.8 Å². The summed E-state index contributed by atoms with van der Waals surface area (Å²) >= 11 is 6.40. The first-order valence-corrected chi connectivity index (χ1v) is 8.92. The van der Waals surface area contributed by atoms with Crippen molar-refractivity contribution in [3.8, 4) is 0 Å². The second-order valence-electron chi connectivity index (χ2n) is 6.21. The fourth-order valence-electron chi connectivity index (χ4n) is 2.29. The third-order valence-corrected chi connectivity index (χ3v) is 4.56. The maximum atomic E-state index is 11.3. The Labute approximate surface area is 142 Å². The molecule has 0 aliphatic rings. The highest BCUT2D eigenvalue weighted by Crippen LogP contribution is 2.27. The van der Waals surface area contributed by atoms with Gasteiger partial charge in [-0.05, 0) is 51.5 Å². The summed E-state index contributed by atoms with van der Waals surface area (Å²) in [6.07, 6.45) is 12.4. The molecule has 0 aliphatic carbocycles. The average molecular weight is 329 g/mol. The topological polar surface area (TPSA) is 26.3 Å². The second-order valence-corrected chi connectivity index (χ2v) is 7.12. The van der Waals surface area contributed by atoms with Crippen molar-refractivity contribution in [2.45, 2.75) is 78.0 Å². The smallest absolute Gasteiger partial charge is 0.330 e. The predicted molar refractivity (Wildman–Crippen MR) is 96.3 cm³/mol. The van der Waals surface area contributed by atoms with Crippen molar-refractivity contribution in [3.63, 3.8) is 0 Å². The van der Waals surface area contributed by atoms with Gasteiger partial charge in [0.25, 0.3) is 0 Å². The van der Waals surface area contributed by atoms with Crippen molar-refractivity contribution in [2.24, 2.45) is 5.92 Å². The molecule has 0 rings (SSSR count).